The Kier molecular flexibility index (Phi) is 6.40. The van der Waals surface area contributed by atoms with Gasteiger partial charge in [0, 0.05) is 17.7 Å². The Labute approximate surface area is 191 Å². The van der Waals surface area contributed by atoms with Crippen molar-refractivity contribution in [3.63, 3.8) is 0 Å². The highest BCUT2D eigenvalue weighted by Gasteiger charge is 2.21. The SMILES string of the molecule is COc1ccc(-c2cc(=O)c3c(OC)cc(OCc4ccccc4)c(OC)c3o2)cc1OC. The maximum atomic E-state index is 13.1. The summed E-state index contributed by atoms with van der Waals surface area (Å²) in [6, 6.07) is 18.0. The number of ether oxygens (including phenoxy) is 5. The van der Waals surface area contributed by atoms with E-state index in [1.54, 1.807) is 38.5 Å². The van der Waals surface area contributed by atoms with E-state index in [0.29, 0.717) is 46.7 Å². The maximum Gasteiger partial charge on any atom is 0.205 e. The van der Waals surface area contributed by atoms with E-state index in [2.05, 4.69) is 0 Å². The highest BCUT2D eigenvalue weighted by atomic mass is 16.5. The Morgan fingerprint density at radius 2 is 1.45 bits per heavy atom. The van der Waals surface area contributed by atoms with E-state index in [1.165, 1.54) is 20.3 Å². The molecule has 0 aliphatic heterocycles. The van der Waals surface area contributed by atoms with E-state index in [9.17, 15) is 4.79 Å². The van der Waals surface area contributed by atoms with E-state index >= 15 is 0 Å². The summed E-state index contributed by atoms with van der Waals surface area (Å²) < 4.78 is 34.0. The number of hydrogen-bond donors (Lipinski definition) is 0. The van der Waals surface area contributed by atoms with Crippen LogP contribution in [0.5, 0.6) is 28.7 Å². The van der Waals surface area contributed by atoms with E-state index in [-0.39, 0.29) is 16.4 Å². The molecule has 33 heavy (non-hydrogen) atoms. The molecule has 0 fully saturated rings. The lowest BCUT2D eigenvalue weighted by Crippen LogP contribution is -2.06. The van der Waals surface area contributed by atoms with Crippen LogP contribution in [0, 0.1) is 0 Å². The predicted molar refractivity (Wildman–Crippen MR) is 125 cm³/mol. The minimum Gasteiger partial charge on any atom is -0.496 e. The molecular formula is C26H24O7. The normalized spacial score (nSPS) is 10.7. The molecule has 4 aromatic rings. The first kappa shape index (κ1) is 22.1. The third-order valence-electron chi connectivity index (χ3n) is 5.22. The third kappa shape index (κ3) is 4.30. The Morgan fingerprint density at radius 1 is 0.727 bits per heavy atom. The average Bonchev–Trinajstić information content (AvgIpc) is 2.86. The second kappa shape index (κ2) is 9.56. The fraction of sp³-hybridized carbons (Fsp3) is 0.192. The van der Waals surface area contributed by atoms with Crippen LogP contribution in [0.2, 0.25) is 0 Å². The predicted octanol–water partition coefficient (Wildman–Crippen LogP) is 5.07. The van der Waals surface area contributed by atoms with Crippen LogP contribution in [0.1, 0.15) is 5.56 Å². The van der Waals surface area contributed by atoms with Gasteiger partial charge in [0.1, 0.15) is 23.5 Å². The topological polar surface area (TPSA) is 76.4 Å². The highest BCUT2D eigenvalue weighted by Crippen LogP contribution is 2.42. The quantitative estimate of drug-likeness (QED) is 0.372. The van der Waals surface area contributed by atoms with Crippen LogP contribution in [0.15, 0.2) is 69.9 Å². The smallest absolute Gasteiger partial charge is 0.205 e. The summed E-state index contributed by atoms with van der Waals surface area (Å²) in [5, 5.41) is 0.269. The van der Waals surface area contributed by atoms with Crippen molar-refractivity contribution in [3.05, 3.63) is 76.5 Å². The van der Waals surface area contributed by atoms with Crippen molar-refractivity contribution < 1.29 is 28.1 Å². The van der Waals surface area contributed by atoms with Crippen molar-refractivity contribution in [2.45, 2.75) is 6.61 Å². The first-order chi connectivity index (χ1) is 16.1. The standard InChI is InChI=1S/C26H24O7/c1-28-19-11-10-17(12-21(19)29-2)20-13-18(27)24-22(30-3)14-23(25(31-4)26(24)33-20)32-15-16-8-6-5-7-9-16/h5-14H,15H2,1-4H3. The Bertz CT molecular complexity index is 1330. The fourth-order valence-corrected chi connectivity index (χ4v) is 3.58. The van der Waals surface area contributed by atoms with E-state index < -0.39 is 0 Å². The van der Waals surface area contributed by atoms with E-state index in [4.69, 9.17) is 28.1 Å². The van der Waals surface area contributed by atoms with Gasteiger partial charge in [-0.05, 0) is 23.8 Å². The molecule has 0 saturated heterocycles. The molecule has 0 N–H and O–H groups in total. The molecule has 7 heteroatoms. The monoisotopic (exact) mass is 448 g/mol. The van der Waals surface area contributed by atoms with Crippen molar-refractivity contribution in [2.24, 2.45) is 0 Å². The summed E-state index contributed by atoms with van der Waals surface area (Å²) in [6.45, 7) is 0.311. The molecule has 1 heterocycles. The van der Waals surface area contributed by atoms with Gasteiger partial charge in [0.05, 0.1) is 28.4 Å². The van der Waals surface area contributed by atoms with Gasteiger partial charge < -0.3 is 28.1 Å². The van der Waals surface area contributed by atoms with Crippen molar-refractivity contribution in [2.75, 3.05) is 28.4 Å². The van der Waals surface area contributed by atoms with Crippen LogP contribution in [-0.2, 0) is 6.61 Å². The van der Waals surface area contributed by atoms with Crippen LogP contribution < -0.4 is 29.1 Å². The molecule has 0 bridgehead atoms. The largest absolute Gasteiger partial charge is 0.496 e. The van der Waals surface area contributed by atoms with Crippen molar-refractivity contribution in [1.82, 2.24) is 0 Å². The Balaban J connectivity index is 1.86. The summed E-state index contributed by atoms with van der Waals surface area (Å²) in [7, 11) is 6.09. The van der Waals surface area contributed by atoms with Gasteiger partial charge >= 0.3 is 0 Å². The molecule has 0 spiro atoms. The van der Waals surface area contributed by atoms with Crippen LogP contribution in [0.3, 0.4) is 0 Å². The number of benzene rings is 3. The summed E-state index contributed by atoms with van der Waals surface area (Å²) in [6.07, 6.45) is 0. The van der Waals surface area contributed by atoms with Gasteiger partial charge in [-0.1, -0.05) is 30.3 Å². The lowest BCUT2D eigenvalue weighted by atomic mass is 10.1. The number of methoxy groups -OCH3 is 4. The Hall–Kier alpha value is -4.13. The van der Waals surface area contributed by atoms with Gasteiger partial charge in [0.15, 0.2) is 28.3 Å². The summed E-state index contributed by atoms with van der Waals surface area (Å²) >= 11 is 0. The zero-order valence-corrected chi connectivity index (χ0v) is 18.8. The van der Waals surface area contributed by atoms with Gasteiger partial charge in [-0.25, -0.2) is 0 Å². The van der Waals surface area contributed by atoms with E-state index in [0.717, 1.165) is 5.56 Å². The molecule has 0 saturated carbocycles. The van der Waals surface area contributed by atoms with Gasteiger partial charge in [0.2, 0.25) is 5.75 Å². The van der Waals surface area contributed by atoms with Crippen molar-refractivity contribution in [3.8, 4) is 40.1 Å². The van der Waals surface area contributed by atoms with Crippen LogP contribution in [0.4, 0.5) is 0 Å². The second-order valence-electron chi connectivity index (χ2n) is 7.13. The maximum absolute atomic E-state index is 13.1. The van der Waals surface area contributed by atoms with Gasteiger partial charge in [-0.15, -0.1) is 0 Å². The zero-order valence-electron chi connectivity index (χ0n) is 18.8. The van der Waals surface area contributed by atoms with Gasteiger partial charge in [-0.3, -0.25) is 4.79 Å². The molecule has 0 unspecified atom stereocenters. The molecular weight excluding hydrogens is 424 g/mol. The first-order valence-electron chi connectivity index (χ1n) is 10.2. The van der Waals surface area contributed by atoms with Gasteiger partial charge in [0.25, 0.3) is 0 Å². The summed E-state index contributed by atoms with van der Waals surface area (Å²) in [5.41, 5.74) is 1.59. The minimum atomic E-state index is -0.272. The number of fused-ring (bicyclic) bond motifs is 1. The van der Waals surface area contributed by atoms with Crippen LogP contribution in [-0.4, -0.2) is 28.4 Å². The molecule has 0 aliphatic rings. The lowest BCUT2D eigenvalue weighted by molar-refractivity contribution is 0.282. The summed E-state index contributed by atoms with van der Waals surface area (Å²) in [5.74, 6) is 2.47. The molecule has 4 rings (SSSR count). The van der Waals surface area contributed by atoms with Crippen LogP contribution in [0.25, 0.3) is 22.3 Å². The van der Waals surface area contributed by atoms with Gasteiger partial charge in [-0.2, -0.15) is 0 Å². The highest BCUT2D eigenvalue weighted by molar-refractivity contribution is 5.92. The molecule has 3 aromatic carbocycles. The van der Waals surface area contributed by atoms with Crippen molar-refractivity contribution in [1.29, 1.82) is 0 Å². The number of rotatable bonds is 8. The molecule has 0 amide bonds. The second-order valence-corrected chi connectivity index (χ2v) is 7.13. The molecule has 1 aromatic heterocycles. The summed E-state index contributed by atoms with van der Waals surface area (Å²) in [4.78, 5) is 13.1. The average molecular weight is 448 g/mol. The molecule has 0 radical (unpaired) electrons. The molecule has 0 aliphatic carbocycles. The Morgan fingerprint density at radius 3 is 2.12 bits per heavy atom. The van der Waals surface area contributed by atoms with Crippen molar-refractivity contribution >= 4 is 11.0 Å². The van der Waals surface area contributed by atoms with Crippen LogP contribution >= 0.6 is 0 Å². The molecule has 170 valence electrons. The molecule has 7 nitrogen and oxygen atoms in total. The number of hydrogen-bond acceptors (Lipinski definition) is 7. The lowest BCUT2D eigenvalue weighted by Gasteiger charge is -2.16. The minimum absolute atomic E-state index is 0.234. The van der Waals surface area contributed by atoms with E-state index in [1.807, 2.05) is 30.3 Å². The zero-order chi connectivity index (χ0) is 23.4. The third-order valence-corrected chi connectivity index (χ3v) is 5.22. The first-order valence-corrected chi connectivity index (χ1v) is 10.2. The molecule has 0 atom stereocenters. The fourth-order valence-electron chi connectivity index (χ4n) is 3.58.